The third-order valence-corrected chi connectivity index (χ3v) is 4.82. The monoisotopic (exact) mass is 315 g/mol. The van der Waals surface area contributed by atoms with Gasteiger partial charge in [0.15, 0.2) is 0 Å². The number of carbonyl (C=O) groups excluding carboxylic acids is 2. The molecule has 2 fully saturated rings. The van der Waals surface area contributed by atoms with Crippen LogP contribution in [0.15, 0.2) is 30.3 Å². The van der Waals surface area contributed by atoms with Gasteiger partial charge in [0, 0.05) is 39.1 Å². The molecule has 23 heavy (non-hydrogen) atoms. The van der Waals surface area contributed by atoms with Gasteiger partial charge in [0.1, 0.15) is 0 Å². The van der Waals surface area contributed by atoms with Crippen LogP contribution < -0.4 is 5.32 Å². The van der Waals surface area contributed by atoms with Crippen LogP contribution in [0.4, 0.5) is 0 Å². The molecule has 1 atom stereocenters. The summed E-state index contributed by atoms with van der Waals surface area (Å²) in [5.41, 5.74) is 1.28. The van der Waals surface area contributed by atoms with E-state index in [-0.39, 0.29) is 17.9 Å². The molecule has 3 rings (SSSR count). The SMILES string of the molecule is O=C1NCCN2CCN(C(=O)CCCc3ccccc3)CCC12. The highest BCUT2D eigenvalue weighted by Crippen LogP contribution is 2.15. The first-order chi connectivity index (χ1) is 11.2. The van der Waals surface area contributed by atoms with Crippen molar-refractivity contribution >= 4 is 11.8 Å². The van der Waals surface area contributed by atoms with E-state index in [2.05, 4.69) is 22.3 Å². The predicted octanol–water partition coefficient (Wildman–Crippen LogP) is 1.04. The molecular formula is C18H25N3O2. The topological polar surface area (TPSA) is 52.7 Å². The zero-order valence-electron chi connectivity index (χ0n) is 13.5. The molecule has 2 amide bonds. The van der Waals surface area contributed by atoms with Crippen molar-refractivity contribution in [2.45, 2.75) is 31.7 Å². The van der Waals surface area contributed by atoms with Crippen molar-refractivity contribution in [1.29, 1.82) is 0 Å². The molecule has 5 nitrogen and oxygen atoms in total. The standard InChI is InChI=1S/C18H25N3O2/c22-17(8-4-7-15-5-2-1-3-6-15)21-11-9-16-18(23)19-10-12-20(16)13-14-21/h1-3,5-6,16H,4,7-14H2,(H,19,23). The Morgan fingerprint density at radius 1 is 1.13 bits per heavy atom. The maximum atomic E-state index is 12.4. The first-order valence-corrected chi connectivity index (χ1v) is 8.57. The third-order valence-electron chi connectivity index (χ3n) is 4.82. The number of hydrogen-bond donors (Lipinski definition) is 1. The highest BCUT2D eigenvalue weighted by Gasteiger charge is 2.32. The van der Waals surface area contributed by atoms with E-state index in [1.165, 1.54) is 5.56 Å². The van der Waals surface area contributed by atoms with Gasteiger partial charge in [0.25, 0.3) is 0 Å². The lowest BCUT2D eigenvalue weighted by molar-refractivity contribution is -0.131. The molecule has 1 N–H and O–H groups in total. The summed E-state index contributed by atoms with van der Waals surface area (Å²) in [7, 11) is 0. The van der Waals surface area contributed by atoms with Crippen molar-refractivity contribution in [2.24, 2.45) is 0 Å². The molecular weight excluding hydrogens is 290 g/mol. The van der Waals surface area contributed by atoms with Gasteiger partial charge in [0.05, 0.1) is 6.04 Å². The molecule has 1 unspecified atom stereocenters. The van der Waals surface area contributed by atoms with Gasteiger partial charge >= 0.3 is 0 Å². The second-order valence-electron chi connectivity index (χ2n) is 6.35. The normalized spacial score (nSPS) is 22.2. The smallest absolute Gasteiger partial charge is 0.237 e. The van der Waals surface area contributed by atoms with Crippen LogP contribution in [0.3, 0.4) is 0 Å². The van der Waals surface area contributed by atoms with E-state index in [1.807, 2.05) is 23.1 Å². The lowest BCUT2D eigenvalue weighted by atomic mass is 10.1. The predicted molar refractivity (Wildman–Crippen MR) is 88.9 cm³/mol. The van der Waals surface area contributed by atoms with Gasteiger partial charge in [-0.15, -0.1) is 0 Å². The fraction of sp³-hybridized carbons (Fsp3) is 0.556. The highest BCUT2D eigenvalue weighted by atomic mass is 16.2. The van der Waals surface area contributed by atoms with Crippen LogP contribution >= 0.6 is 0 Å². The molecule has 1 aromatic rings. The van der Waals surface area contributed by atoms with Gasteiger partial charge in [-0.2, -0.15) is 0 Å². The van der Waals surface area contributed by atoms with Gasteiger partial charge < -0.3 is 10.2 Å². The number of amides is 2. The number of hydrogen-bond acceptors (Lipinski definition) is 3. The molecule has 2 aliphatic rings. The van der Waals surface area contributed by atoms with E-state index in [0.717, 1.165) is 45.4 Å². The minimum absolute atomic E-state index is 0.0501. The maximum Gasteiger partial charge on any atom is 0.237 e. The summed E-state index contributed by atoms with van der Waals surface area (Å²) >= 11 is 0. The second kappa shape index (κ2) is 7.59. The molecule has 5 heteroatoms. The van der Waals surface area contributed by atoms with E-state index in [0.29, 0.717) is 13.0 Å². The number of benzene rings is 1. The van der Waals surface area contributed by atoms with Crippen LogP contribution in [-0.2, 0) is 16.0 Å². The summed E-state index contributed by atoms with van der Waals surface area (Å²) in [5.74, 6) is 0.343. The van der Waals surface area contributed by atoms with Gasteiger partial charge in [-0.05, 0) is 24.8 Å². The van der Waals surface area contributed by atoms with Crippen molar-refractivity contribution in [3.63, 3.8) is 0 Å². The largest absolute Gasteiger partial charge is 0.353 e. The van der Waals surface area contributed by atoms with Crippen molar-refractivity contribution in [3.05, 3.63) is 35.9 Å². The van der Waals surface area contributed by atoms with Crippen LogP contribution in [0.25, 0.3) is 0 Å². The maximum absolute atomic E-state index is 12.4. The lowest BCUT2D eigenvalue weighted by Gasteiger charge is -2.32. The molecule has 0 spiro atoms. The molecule has 0 aromatic heterocycles. The number of aryl methyl sites for hydroxylation is 1. The Bertz CT molecular complexity index is 546. The van der Waals surface area contributed by atoms with Crippen LogP contribution in [0.1, 0.15) is 24.8 Å². The number of rotatable bonds is 4. The van der Waals surface area contributed by atoms with Gasteiger partial charge in [-0.3, -0.25) is 14.5 Å². The lowest BCUT2D eigenvalue weighted by Crippen LogP contribution is -2.55. The minimum atomic E-state index is -0.0501. The van der Waals surface area contributed by atoms with E-state index in [1.54, 1.807) is 0 Å². The van der Waals surface area contributed by atoms with E-state index >= 15 is 0 Å². The Labute approximate surface area is 137 Å². The average Bonchev–Trinajstić information content (AvgIpc) is 2.79. The number of carbonyl (C=O) groups is 2. The van der Waals surface area contributed by atoms with Crippen LogP contribution in [0, 0.1) is 0 Å². The summed E-state index contributed by atoms with van der Waals surface area (Å²) < 4.78 is 0. The zero-order chi connectivity index (χ0) is 16.1. The van der Waals surface area contributed by atoms with Crippen LogP contribution in [0.5, 0.6) is 0 Å². The Morgan fingerprint density at radius 2 is 1.96 bits per heavy atom. The third kappa shape index (κ3) is 4.10. The number of piperazine rings is 1. The summed E-state index contributed by atoms with van der Waals surface area (Å²) in [6.45, 7) is 3.86. The van der Waals surface area contributed by atoms with Crippen LogP contribution in [0.2, 0.25) is 0 Å². The molecule has 0 saturated carbocycles. The second-order valence-corrected chi connectivity index (χ2v) is 6.35. The fourth-order valence-corrected chi connectivity index (χ4v) is 3.48. The molecule has 0 aliphatic carbocycles. The summed E-state index contributed by atoms with van der Waals surface area (Å²) in [6, 6.07) is 10.2. The summed E-state index contributed by atoms with van der Waals surface area (Å²) in [4.78, 5) is 28.5. The Hall–Kier alpha value is -1.88. The number of nitrogens with zero attached hydrogens (tertiary/aromatic N) is 2. The Balaban J connectivity index is 1.47. The molecule has 124 valence electrons. The van der Waals surface area contributed by atoms with Crippen molar-refractivity contribution < 1.29 is 9.59 Å². The first kappa shape index (κ1) is 16.0. The molecule has 2 saturated heterocycles. The molecule has 2 heterocycles. The average molecular weight is 315 g/mol. The van der Waals surface area contributed by atoms with Crippen molar-refractivity contribution in [2.75, 3.05) is 32.7 Å². The first-order valence-electron chi connectivity index (χ1n) is 8.57. The minimum Gasteiger partial charge on any atom is -0.353 e. The number of fused-ring (bicyclic) bond motifs is 1. The molecule has 0 bridgehead atoms. The molecule has 0 radical (unpaired) electrons. The van der Waals surface area contributed by atoms with Gasteiger partial charge in [-0.1, -0.05) is 30.3 Å². The van der Waals surface area contributed by atoms with E-state index in [9.17, 15) is 9.59 Å². The van der Waals surface area contributed by atoms with Crippen molar-refractivity contribution in [1.82, 2.24) is 15.1 Å². The summed E-state index contributed by atoms with van der Waals surface area (Å²) in [5, 5.41) is 2.92. The number of nitrogens with one attached hydrogen (secondary N) is 1. The van der Waals surface area contributed by atoms with Crippen molar-refractivity contribution in [3.8, 4) is 0 Å². The van der Waals surface area contributed by atoms with E-state index in [4.69, 9.17) is 0 Å². The molecule has 2 aliphatic heterocycles. The summed E-state index contributed by atoms with van der Waals surface area (Å²) in [6.07, 6.45) is 3.16. The van der Waals surface area contributed by atoms with Crippen LogP contribution in [-0.4, -0.2) is 60.4 Å². The van der Waals surface area contributed by atoms with Gasteiger partial charge in [0.2, 0.25) is 11.8 Å². The highest BCUT2D eigenvalue weighted by molar-refractivity contribution is 5.83. The Kier molecular flexibility index (Phi) is 5.28. The fourth-order valence-electron chi connectivity index (χ4n) is 3.48. The quantitative estimate of drug-likeness (QED) is 0.903. The van der Waals surface area contributed by atoms with Gasteiger partial charge in [-0.25, -0.2) is 0 Å². The Morgan fingerprint density at radius 3 is 2.78 bits per heavy atom. The van der Waals surface area contributed by atoms with E-state index < -0.39 is 0 Å². The molecule has 1 aromatic carbocycles. The zero-order valence-corrected chi connectivity index (χ0v) is 13.5.